The minimum atomic E-state index is -0.720. The Labute approximate surface area is 86.3 Å². The second-order valence-electron chi connectivity index (χ2n) is 3.80. The molecule has 0 heterocycles. The lowest BCUT2D eigenvalue weighted by Crippen LogP contribution is -1.94. The molecular weight excluding hydrogens is 176 g/mol. The Morgan fingerprint density at radius 2 is 1.64 bits per heavy atom. The van der Waals surface area contributed by atoms with E-state index in [2.05, 4.69) is 26.0 Å². The summed E-state index contributed by atoms with van der Waals surface area (Å²) in [5.74, 6) is -0.720. The molecule has 0 saturated carbocycles. The maximum atomic E-state index is 10.3. The largest absolute Gasteiger partial charge is 0.481 e. The fraction of sp³-hybridized carbons (Fsp3) is 0.583. The molecule has 0 bridgehead atoms. The third-order valence-electron chi connectivity index (χ3n) is 1.95. The molecule has 2 nitrogen and oxygen atoms in total. The average Bonchev–Trinajstić information content (AvgIpc) is 2.08. The van der Waals surface area contributed by atoms with Crippen LogP contribution in [0.2, 0.25) is 0 Å². The molecule has 0 spiro atoms. The number of unbranched alkanes of at least 4 members (excludes halogenated alkanes) is 1. The van der Waals surface area contributed by atoms with Crippen LogP contribution >= 0.6 is 0 Å². The maximum Gasteiger partial charge on any atom is 0.303 e. The maximum absolute atomic E-state index is 10.3. The standard InChI is InChI=1S/C12H20O2/c1-10(2)6-4-5-7-11(3)8-9-12(13)14/h6-7H,4-5,8-9H2,1-3H3,(H,13,14)/b11-7+. The summed E-state index contributed by atoms with van der Waals surface area (Å²) in [7, 11) is 0. The van der Waals surface area contributed by atoms with Gasteiger partial charge in [0.15, 0.2) is 0 Å². The molecule has 0 rings (SSSR count). The quantitative estimate of drug-likeness (QED) is 0.521. The van der Waals surface area contributed by atoms with Gasteiger partial charge in [0, 0.05) is 6.42 Å². The Hall–Kier alpha value is -1.05. The molecular formula is C12H20O2. The number of allylic oxidation sites excluding steroid dienone is 4. The average molecular weight is 196 g/mol. The number of carbonyl (C=O) groups is 1. The third kappa shape index (κ3) is 9.04. The minimum Gasteiger partial charge on any atom is -0.481 e. The normalized spacial score (nSPS) is 11.2. The Bertz CT molecular complexity index is 233. The molecule has 0 aliphatic rings. The minimum absolute atomic E-state index is 0.241. The molecule has 1 N–H and O–H groups in total. The van der Waals surface area contributed by atoms with Crippen LogP contribution in [0.15, 0.2) is 23.3 Å². The van der Waals surface area contributed by atoms with Crippen molar-refractivity contribution in [3.63, 3.8) is 0 Å². The molecule has 14 heavy (non-hydrogen) atoms. The van der Waals surface area contributed by atoms with Crippen LogP contribution in [0.1, 0.15) is 46.5 Å². The first-order chi connectivity index (χ1) is 6.52. The van der Waals surface area contributed by atoms with Crippen LogP contribution in [0.4, 0.5) is 0 Å². The van der Waals surface area contributed by atoms with Crippen LogP contribution in [-0.2, 0) is 4.79 Å². The van der Waals surface area contributed by atoms with E-state index >= 15 is 0 Å². The van der Waals surface area contributed by atoms with Gasteiger partial charge in [-0.05, 0) is 40.0 Å². The van der Waals surface area contributed by atoms with E-state index in [0.717, 1.165) is 12.8 Å². The van der Waals surface area contributed by atoms with Crippen LogP contribution in [-0.4, -0.2) is 11.1 Å². The van der Waals surface area contributed by atoms with Crippen molar-refractivity contribution in [1.82, 2.24) is 0 Å². The zero-order chi connectivity index (χ0) is 11.0. The van der Waals surface area contributed by atoms with Crippen molar-refractivity contribution in [3.05, 3.63) is 23.3 Å². The first-order valence-electron chi connectivity index (χ1n) is 5.03. The highest BCUT2D eigenvalue weighted by Gasteiger charge is 1.96. The van der Waals surface area contributed by atoms with Gasteiger partial charge in [0.05, 0.1) is 0 Å². The Kier molecular flexibility index (Phi) is 6.81. The number of rotatable bonds is 6. The van der Waals surface area contributed by atoms with Crippen LogP contribution < -0.4 is 0 Å². The lowest BCUT2D eigenvalue weighted by atomic mass is 10.1. The predicted octanol–water partition coefficient (Wildman–Crippen LogP) is 3.54. The summed E-state index contributed by atoms with van der Waals surface area (Å²) < 4.78 is 0. The van der Waals surface area contributed by atoms with Crippen molar-refractivity contribution in [3.8, 4) is 0 Å². The van der Waals surface area contributed by atoms with E-state index in [1.807, 2.05) is 6.92 Å². The Morgan fingerprint density at radius 1 is 1.07 bits per heavy atom. The summed E-state index contributed by atoms with van der Waals surface area (Å²) in [5.41, 5.74) is 2.51. The Morgan fingerprint density at radius 3 is 2.14 bits per heavy atom. The number of aliphatic carboxylic acids is 1. The molecule has 0 aromatic rings. The molecule has 0 aromatic heterocycles. The topological polar surface area (TPSA) is 37.3 Å². The van der Waals surface area contributed by atoms with Gasteiger partial charge in [-0.15, -0.1) is 0 Å². The van der Waals surface area contributed by atoms with E-state index in [9.17, 15) is 4.79 Å². The lowest BCUT2D eigenvalue weighted by Gasteiger charge is -1.97. The van der Waals surface area contributed by atoms with Crippen molar-refractivity contribution in [2.24, 2.45) is 0 Å². The van der Waals surface area contributed by atoms with Crippen molar-refractivity contribution < 1.29 is 9.90 Å². The van der Waals surface area contributed by atoms with Gasteiger partial charge in [-0.3, -0.25) is 4.79 Å². The summed E-state index contributed by atoms with van der Waals surface area (Å²) in [4.78, 5) is 10.3. The van der Waals surface area contributed by atoms with Gasteiger partial charge >= 0.3 is 5.97 Å². The number of carboxylic acid groups (broad SMARTS) is 1. The summed E-state index contributed by atoms with van der Waals surface area (Å²) in [6.45, 7) is 6.16. The van der Waals surface area contributed by atoms with E-state index in [1.165, 1.54) is 11.1 Å². The number of carboxylic acids is 1. The fourth-order valence-corrected chi connectivity index (χ4v) is 1.11. The molecule has 0 atom stereocenters. The van der Waals surface area contributed by atoms with Crippen molar-refractivity contribution >= 4 is 5.97 Å². The molecule has 80 valence electrons. The van der Waals surface area contributed by atoms with Crippen LogP contribution in [0.3, 0.4) is 0 Å². The van der Waals surface area contributed by atoms with E-state index in [1.54, 1.807) is 0 Å². The zero-order valence-corrected chi connectivity index (χ0v) is 9.34. The van der Waals surface area contributed by atoms with Gasteiger partial charge < -0.3 is 5.11 Å². The fourth-order valence-electron chi connectivity index (χ4n) is 1.11. The van der Waals surface area contributed by atoms with Gasteiger partial charge in [0.1, 0.15) is 0 Å². The van der Waals surface area contributed by atoms with Gasteiger partial charge in [0.2, 0.25) is 0 Å². The first kappa shape index (κ1) is 12.9. The molecule has 0 aliphatic heterocycles. The van der Waals surface area contributed by atoms with E-state index in [4.69, 9.17) is 5.11 Å². The highest BCUT2D eigenvalue weighted by atomic mass is 16.4. The van der Waals surface area contributed by atoms with E-state index < -0.39 is 5.97 Å². The second-order valence-corrected chi connectivity index (χ2v) is 3.80. The first-order valence-corrected chi connectivity index (χ1v) is 5.03. The molecule has 0 aromatic carbocycles. The Balaban J connectivity index is 3.66. The van der Waals surface area contributed by atoms with Crippen molar-refractivity contribution in [2.45, 2.75) is 46.5 Å². The molecule has 2 heteroatoms. The van der Waals surface area contributed by atoms with Crippen molar-refractivity contribution in [1.29, 1.82) is 0 Å². The SMILES string of the molecule is CC(C)=CCC/C=C(\C)CCC(=O)O. The molecule has 0 fully saturated rings. The van der Waals surface area contributed by atoms with Gasteiger partial charge in [-0.2, -0.15) is 0 Å². The highest BCUT2D eigenvalue weighted by Crippen LogP contribution is 2.07. The summed E-state index contributed by atoms with van der Waals surface area (Å²) in [5, 5.41) is 8.47. The van der Waals surface area contributed by atoms with Crippen LogP contribution in [0, 0.1) is 0 Å². The van der Waals surface area contributed by atoms with E-state index in [0.29, 0.717) is 6.42 Å². The second kappa shape index (κ2) is 7.36. The van der Waals surface area contributed by atoms with Gasteiger partial charge in [0.25, 0.3) is 0 Å². The summed E-state index contributed by atoms with van der Waals surface area (Å²) in [6.07, 6.45) is 7.29. The summed E-state index contributed by atoms with van der Waals surface area (Å²) in [6, 6.07) is 0. The smallest absolute Gasteiger partial charge is 0.303 e. The van der Waals surface area contributed by atoms with Gasteiger partial charge in [-0.25, -0.2) is 0 Å². The number of hydrogen-bond donors (Lipinski definition) is 1. The molecule has 0 amide bonds. The molecule has 0 unspecified atom stereocenters. The summed E-state index contributed by atoms with van der Waals surface area (Å²) >= 11 is 0. The lowest BCUT2D eigenvalue weighted by molar-refractivity contribution is -0.136. The number of hydrogen-bond acceptors (Lipinski definition) is 1. The van der Waals surface area contributed by atoms with E-state index in [-0.39, 0.29) is 6.42 Å². The third-order valence-corrected chi connectivity index (χ3v) is 1.95. The molecule has 0 aliphatic carbocycles. The monoisotopic (exact) mass is 196 g/mol. The van der Waals surface area contributed by atoms with Crippen LogP contribution in [0.25, 0.3) is 0 Å². The van der Waals surface area contributed by atoms with Gasteiger partial charge in [-0.1, -0.05) is 23.3 Å². The highest BCUT2D eigenvalue weighted by molar-refractivity contribution is 5.66. The molecule has 0 saturated heterocycles. The predicted molar refractivity (Wildman–Crippen MR) is 59.3 cm³/mol. The van der Waals surface area contributed by atoms with Crippen molar-refractivity contribution in [2.75, 3.05) is 0 Å². The molecule has 0 radical (unpaired) electrons. The zero-order valence-electron chi connectivity index (χ0n) is 9.34. The van der Waals surface area contributed by atoms with Crippen LogP contribution in [0.5, 0.6) is 0 Å².